The number of anilines is 1. The molecule has 0 radical (unpaired) electrons. The molecule has 1 atom stereocenters. The Morgan fingerprint density at radius 2 is 1.78 bits per heavy atom. The van der Waals surface area contributed by atoms with Crippen LogP contribution in [0, 0.1) is 5.92 Å². The van der Waals surface area contributed by atoms with Crippen LogP contribution in [-0.4, -0.2) is 56.8 Å². The van der Waals surface area contributed by atoms with E-state index >= 15 is 0 Å². The van der Waals surface area contributed by atoms with Gasteiger partial charge in [-0.3, -0.25) is 13.9 Å². The predicted molar refractivity (Wildman–Crippen MR) is 139 cm³/mol. The second-order valence-corrected chi connectivity index (χ2v) is 11.5. The molecule has 0 fully saturated rings. The second kappa shape index (κ2) is 11.8. The zero-order valence-electron chi connectivity index (χ0n) is 20.9. The zero-order valence-corrected chi connectivity index (χ0v) is 22.4. The van der Waals surface area contributed by atoms with Crippen LogP contribution in [0.2, 0.25) is 5.02 Å². The Hall–Kier alpha value is -2.98. The van der Waals surface area contributed by atoms with Crippen LogP contribution < -0.4 is 19.1 Å². The highest BCUT2D eigenvalue weighted by Gasteiger charge is 2.32. The zero-order chi connectivity index (χ0) is 26.5. The third-order valence-electron chi connectivity index (χ3n) is 5.77. The summed E-state index contributed by atoms with van der Waals surface area (Å²) in [4.78, 5) is 27.9. The summed E-state index contributed by atoms with van der Waals surface area (Å²) in [5, 5.41) is 3.29. The van der Waals surface area contributed by atoms with Crippen molar-refractivity contribution in [1.82, 2.24) is 10.2 Å². The summed E-state index contributed by atoms with van der Waals surface area (Å²) >= 11 is 6.34. The first-order valence-corrected chi connectivity index (χ1v) is 13.7. The fraction of sp³-hybridized carbons (Fsp3) is 0.440. The number of rotatable bonds is 11. The van der Waals surface area contributed by atoms with Gasteiger partial charge < -0.3 is 19.7 Å². The molecule has 11 heteroatoms. The number of hydrogen-bond acceptors (Lipinski definition) is 6. The molecule has 1 aliphatic heterocycles. The molecule has 1 N–H and O–H groups in total. The number of hydrogen-bond donors (Lipinski definition) is 1. The average Bonchev–Trinajstić information content (AvgIpc) is 3.32. The Morgan fingerprint density at radius 3 is 2.44 bits per heavy atom. The maximum absolute atomic E-state index is 13.7. The van der Waals surface area contributed by atoms with Crippen LogP contribution in [0.5, 0.6) is 11.5 Å². The number of nitrogens with one attached hydrogen (secondary N) is 1. The van der Waals surface area contributed by atoms with Gasteiger partial charge in [-0.05, 0) is 43.5 Å². The lowest BCUT2D eigenvalue weighted by atomic mass is 10.1. The Bertz CT molecular complexity index is 1200. The fourth-order valence-corrected chi connectivity index (χ4v) is 4.85. The molecular weight excluding hydrogens is 506 g/mol. The van der Waals surface area contributed by atoms with Crippen LogP contribution in [0.25, 0.3) is 0 Å². The maximum Gasteiger partial charge on any atom is 0.244 e. The SMILES string of the molecule is CCS(=O)(=O)N(CC(=O)N(Cc1ccccc1Cl)[C@@H](C)C(=O)NCC(C)C)c1ccc2c(c1)OCO2. The lowest BCUT2D eigenvalue weighted by molar-refractivity contribution is -0.139. The molecule has 2 amide bonds. The number of fused-ring (bicyclic) bond motifs is 1. The third-order valence-corrected chi connectivity index (χ3v) is 7.88. The maximum atomic E-state index is 13.7. The van der Waals surface area contributed by atoms with Crippen molar-refractivity contribution < 1.29 is 27.5 Å². The number of halogens is 1. The second-order valence-electron chi connectivity index (χ2n) is 8.87. The van der Waals surface area contributed by atoms with E-state index in [0.29, 0.717) is 28.6 Å². The molecule has 36 heavy (non-hydrogen) atoms. The van der Waals surface area contributed by atoms with E-state index in [4.69, 9.17) is 21.1 Å². The highest BCUT2D eigenvalue weighted by molar-refractivity contribution is 7.92. The molecule has 0 saturated carbocycles. The van der Waals surface area contributed by atoms with Gasteiger partial charge in [0.05, 0.1) is 11.4 Å². The minimum absolute atomic E-state index is 0.0346. The number of sulfonamides is 1. The number of carbonyl (C=O) groups is 2. The molecule has 9 nitrogen and oxygen atoms in total. The van der Waals surface area contributed by atoms with Crippen molar-refractivity contribution in [2.45, 2.75) is 40.3 Å². The first-order valence-electron chi connectivity index (χ1n) is 11.7. The molecule has 0 saturated heterocycles. The lowest BCUT2D eigenvalue weighted by Gasteiger charge is -2.32. The van der Waals surface area contributed by atoms with E-state index in [9.17, 15) is 18.0 Å². The first kappa shape index (κ1) is 27.6. The summed E-state index contributed by atoms with van der Waals surface area (Å²) in [6.07, 6.45) is 0. The molecule has 196 valence electrons. The highest BCUT2D eigenvalue weighted by atomic mass is 35.5. The Labute approximate surface area is 217 Å². The van der Waals surface area contributed by atoms with Gasteiger partial charge in [0.2, 0.25) is 28.6 Å². The molecule has 0 aliphatic carbocycles. The number of nitrogens with zero attached hydrogens (tertiary/aromatic N) is 2. The van der Waals surface area contributed by atoms with Crippen LogP contribution in [-0.2, 0) is 26.2 Å². The van der Waals surface area contributed by atoms with Crippen molar-refractivity contribution in [3.8, 4) is 11.5 Å². The fourth-order valence-electron chi connectivity index (χ4n) is 3.61. The van der Waals surface area contributed by atoms with Crippen LogP contribution in [0.4, 0.5) is 5.69 Å². The minimum atomic E-state index is -3.84. The van der Waals surface area contributed by atoms with Crippen molar-refractivity contribution in [1.29, 1.82) is 0 Å². The van der Waals surface area contributed by atoms with Gasteiger partial charge in [-0.15, -0.1) is 0 Å². The van der Waals surface area contributed by atoms with Gasteiger partial charge in [-0.1, -0.05) is 43.6 Å². The standard InChI is InChI=1S/C25H32ClN3O6S/c1-5-36(32,33)29(20-10-11-22-23(12-20)35-16-34-22)15-24(30)28(14-19-8-6-7-9-21(19)26)18(4)25(31)27-13-17(2)3/h6-12,17-18H,5,13-16H2,1-4H3,(H,27,31)/t18-/m0/s1. The molecule has 1 heterocycles. The lowest BCUT2D eigenvalue weighted by Crippen LogP contribution is -2.51. The molecule has 0 aromatic heterocycles. The Kier molecular flexibility index (Phi) is 9.08. The monoisotopic (exact) mass is 537 g/mol. The largest absolute Gasteiger partial charge is 0.454 e. The van der Waals surface area contributed by atoms with E-state index in [2.05, 4.69) is 5.32 Å². The van der Waals surface area contributed by atoms with E-state index < -0.39 is 28.5 Å². The predicted octanol–water partition coefficient (Wildman–Crippen LogP) is 3.41. The molecule has 0 bridgehead atoms. The van der Waals surface area contributed by atoms with E-state index in [-0.39, 0.29) is 36.6 Å². The first-order chi connectivity index (χ1) is 17.0. The summed E-state index contributed by atoms with van der Waals surface area (Å²) in [5.74, 6) is 0.0169. The van der Waals surface area contributed by atoms with Crippen molar-refractivity contribution >= 4 is 39.1 Å². The molecule has 2 aromatic rings. The number of benzene rings is 2. The summed E-state index contributed by atoms with van der Waals surface area (Å²) in [7, 11) is -3.84. The Morgan fingerprint density at radius 1 is 1.08 bits per heavy atom. The summed E-state index contributed by atoms with van der Waals surface area (Å²) in [6, 6.07) is 10.8. The van der Waals surface area contributed by atoms with Gasteiger partial charge in [0.1, 0.15) is 12.6 Å². The Balaban J connectivity index is 1.93. The van der Waals surface area contributed by atoms with Gasteiger partial charge >= 0.3 is 0 Å². The van der Waals surface area contributed by atoms with Crippen LogP contribution in [0.15, 0.2) is 42.5 Å². The van der Waals surface area contributed by atoms with Crippen LogP contribution >= 0.6 is 11.6 Å². The van der Waals surface area contributed by atoms with Crippen molar-refractivity contribution in [2.75, 3.05) is 29.9 Å². The van der Waals surface area contributed by atoms with Crippen LogP contribution in [0.1, 0.15) is 33.3 Å². The molecule has 0 spiro atoms. The highest BCUT2D eigenvalue weighted by Crippen LogP contribution is 2.36. The summed E-state index contributed by atoms with van der Waals surface area (Å²) < 4.78 is 37.8. The minimum Gasteiger partial charge on any atom is -0.454 e. The van der Waals surface area contributed by atoms with Crippen molar-refractivity contribution in [3.63, 3.8) is 0 Å². The smallest absolute Gasteiger partial charge is 0.244 e. The molecule has 3 rings (SSSR count). The molecule has 1 aliphatic rings. The summed E-state index contributed by atoms with van der Waals surface area (Å²) in [5.41, 5.74) is 0.910. The number of amides is 2. The van der Waals surface area contributed by atoms with Crippen molar-refractivity contribution in [2.24, 2.45) is 5.92 Å². The molecule has 0 unspecified atom stereocenters. The van der Waals surface area contributed by atoms with E-state index in [1.54, 1.807) is 43.3 Å². The average molecular weight is 538 g/mol. The van der Waals surface area contributed by atoms with E-state index in [0.717, 1.165) is 4.31 Å². The van der Waals surface area contributed by atoms with E-state index in [1.807, 2.05) is 13.8 Å². The van der Waals surface area contributed by atoms with Crippen LogP contribution in [0.3, 0.4) is 0 Å². The van der Waals surface area contributed by atoms with Gasteiger partial charge in [0.15, 0.2) is 11.5 Å². The van der Waals surface area contributed by atoms with Gasteiger partial charge in [-0.2, -0.15) is 0 Å². The third kappa shape index (κ3) is 6.61. The van der Waals surface area contributed by atoms with Gasteiger partial charge in [-0.25, -0.2) is 8.42 Å². The van der Waals surface area contributed by atoms with E-state index in [1.165, 1.54) is 17.9 Å². The van der Waals surface area contributed by atoms with Gasteiger partial charge in [0, 0.05) is 24.2 Å². The normalized spacial score (nSPS) is 13.4. The van der Waals surface area contributed by atoms with Crippen molar-refractivity contribution in [3.05, 3.63) is 53.1 Å². The molecular formula is C25H32ClN3O6S. The topological polar surface area (TPSA) is 105 Å². The van der Waals surface area contributed by atoms with Gasteiger partial charge in [0.25, 0.3) is 0 Å². The molecule has 2 aromatic carbocycles. The summed E-state index contributed by atoms with van der Waals surface area (Å²) in [6.45, 7) is 7.08. The number of carbonyl (C=O) groups excluding carboxylic acids is 2. The quantitative estimate of drug-likeness (QED) is 0.471. The number of ether oxygens (including phenoxy) is 2.